The van der Waals surface area contributed by atoms with E-state index in [1.807, 2.05) is 79.0 Å². The number of nitrogens with zero attached hydrogens (tertiary/aromatic N) is 2. The Morgan fingerprint density at radius 2 is 1.36 bits per heavy atom. The second kappa shape index (κ2) is 12.4. The monoisotopic (exact) mass is 681 g/mol. The average Bonchev–Trinajstić information content (AvgIpc) is 3.37. The Bertz CT molecular complexity index is 1740. The van der Waals surface area contributed by atoms with Gasteiger partial charge in [0, 0.05) is 37.9 Å². The fraction of sp³-hybridized carbons (Fsp3) is 0.0286. The van der Waals surface area contributed by atoms with E-state index in [9.17, 15) is 0 Å². The van der Waals surface area contributed by atoms with Gasteiger partial charge < -0.3 is 14.4 Å². The van der Waals surface area contributed by atoms with E-state index in [0.29, 0.717) is 0 Å². The Hall–Kier alpha value is -4.37. The van der Waals surface area contributed by atoms with Gasteiger partial charge in [0.25, 0.3) is 0 Å². The summed E-state index contributed by atoms with van der Waals surface area (Å²) in [6, 6.07) is 47.0. The number of hydrogen-bond donors (Lipinski definition) is 0. The van der Waals surface area contributed by atoms with Gasteiger partial charge in [-0.1, -0.05) is 72.1 Å². The van der Waals surface area contributed by atoms with Crippen LogP contribution in [0, 0.1) is 12.1 Å². The largest absolute Gasteiger partial charge is 0.500 e. The number of aromatic nitrogens is 2. The molecule has 1 radical (unpaired) electrons. The summed E-state index contributed by atoms with van der Waals surface area (Å²) in [4.78, 5) is 8.78. The summed E-state index contributed by atoms with van der Waals surface area (Å²) in [7, 11) is 0. The second-order valence-electron chi connectivity index (χ2n) is 8.93. The molecule has 0 saturated heterocycles. The quantitative estimate of drug-likeness (QED) is 0.175. The minimum atomic E-state index is 0. The van der Waals surface area contributed by atoms with Gasteiger partial charge >= 0.3 is 0 Å². The van der Waals surface area contributed by atoms with Crippen molar-refractivity contribution in [1.29, 1.82) is 0 Å². The topological polar surface area (TPSA) is 38.9 Å². The maximum atomic E-state index is 5.89. The molecule has 0 fully saturated rings. The van der Waals surface area contributed by atoms with Crippen molar-refractivity contribution in [2.45, 2.75) is 6.42 Å². The first-order valence-corrected chi connectivity index (χ1v) is 12.5. The van der Waals surface area contributed by atoms with Crippen LogP contribution >= 0.6 is 0 Å². The third kappa shape index (κ3) is 6.21. The molecule has 3 heterocycles. The molecule has 0 aliphatic carbocycles. The first-order valence-electron chi connectivity index (χ1n) is 12.5. The van der Waals surface area contributed by atoms with E-state index < -0.39 is 0 Å². The third-order valence-electron chi connectivity index (χ3n) is 6.31. The molecule has 0 amide bonds. The van der Waals surface area contributed by atoms with Crippen LogP contribution in [0.2, 0.25) is 0 Å². The maximum Gasteiger partial charge on any atom is 0.120 e. The van der Waals surface area contributed by atoms with Gasteiger partial charge in [-0.3, -0.25) is 0 Å². The summed E-state index contributed by atoms with van der Waals surface area (Å²) >= 11 is 0. The molecular weight excluding hydrogens is 657 g/mol. The molecule has 39 heavy (non-hydrogen) atoms. The number of para-hydroxylation sites is 1. The summed E-state index contributed by atoms with van der Waals surface area (Å²) in [5, 5.41) is 2.22. The number of benzene rings is 4. The van der Waals surface area contributed by atoms with E-state index in [-0.39, 0.29) is 20.1 Å². The van der Waals surface area contributed by atoms with Crippen LogP contribution in [-0.2, 0) is 26.5 Å². The van der Waals surface area contributed by atoms with Crippen LogP contribution in [0.5, 0.6) is 0 Å². The molecule has 3 aromatic heterocycles. The van der Waals surface area contributed by atoms with Crippen LogP contribution in [0.15, 0.2) is 138 Å². The summed E-state index contributed by atoms with van der Waals surface area (Å²) in [5.74, 6) is 0. The zero-order valence-corrected chi connectivity index (χ0v) is 23.4. The maximum absolute atomic E-state index is 5.89. The van der Waals surface area contributed by atoms with Crippen LogP contribution in [0.3, 0.4) is 0 Å². The SMILES string of the molecule is [Ir].[c-]1cc2oc3ccccc3c2cc1-c1cc(Cc2ccccc2)ccn1.[c-]1ccccc1-c1ccccn1. The van der Waals surface area contributed by atoms with E-state index in [1.165, 1.54) is 11.1 Å². The van der Waals surface area contributed by atoms with E-state index in [0.717, 1.165) is 50.9 Å². The van der Waals surface area contributed by atoms with E-state index in [2.05, 4.69) is 70.6 Å². The van der Waals surface area contributed by atoms with Crippen molar-refractivity contribution >= 4 is 21.9 Å². The summed E-state index contributed by atoms with van der Waals surface area (Å²) in [6.45, 7) is 0. The molecule has 0 N–H and O–H groups in total. The first kappa shape index (κ1) is 26.2. The predicted molar refractivity (Wildman–Crippen MR) is 154 cm³/mol. The normalized spacial score (nSPS) is 10.5. The molecule has 0 atom stereocenters. The van der Waals surface area contributed by atoms with Gasteiger partial charge in [0.15, 0.2) is 0 Å². The first-order chi connectivity index (χ1) is 18.8. The average molecular weight is 681 g/mol. The number of fused-ring (bicyclic) bond motifs is 3. The number of rotatable bonds is 4. The van der Waals surface area contributed by atoms with Crippen molar-refractivity contribution in [3.63, 3.8) is 0 Å². The van der Waals surface area contributed by atoms with Crippen LogP contribution in [0.1, 0.15) is 11.1 Å². The number of pyridine rings is 2. The van der Waals surface area contributed by atoms with Crippen LogP contribution in [0.4, 0.5) is 0 Å². The number of hydrogen-bond acceptors (Lipinski definition) is 3. The molecule has 4 heteroatoms. The van der Waals surface area contributed by atoms with Crippen molar-refractivity contribution in [2.24, 2.45) is 0 Å². The van der Waals surface area contributed by atoms with Crippen molar-refractivity contribution in [2.75, 3.05) is 0 Å². The van der Waals surface area contributed by atoms with Crippen LogP contribution < -0.4 is 0 Å². The van der Waals surface area contributed by atoms with Crippen molar-refractivity contribution in [1.82, 2.24) is 9.97 Å². The van der Waals surface area contributed by atoms with Gasteiger partial charge in [0.2, 0.25) is 0 Å². The predicted octanol–water partition coefficient (Wildman–Crippen LogP) is 8.59. The molecule has 0 aliphatic heterocycles. The summed E-state index contributed by atoms with van der Waals surface area (Å²) in [6.07, 6.45) is 4.56. The standard InChI is InChI=1S/C24H16NO.C11H8N.Ir/c1-2-6-17(7-3-1)14-18-12-13-25-22(15-18)19-10-11-24-21(16-19)20-8-4-5-9-23(20)26-24;1-2-6-10(7-3-1)11-8-4-5-9-12-11;/h1-9,11-13,15-16H,14H2;1-6,8-9H;/q2*-1;. The van der Waals surface area contributed by atoms with E-state index >= 15 is 0 Å². The summed E-state index contributed by atoms with van der Waals surface area (Å²) < 4.78 is 5.89. The fourth-order valence-corrected chi connectivity index (χ4v) is 4.46. The van der Waals surface area contributed by atoms with Crippen LogP contribution in [0.25, 0.3) is 44.5 Å². The van der Waals surface area contributed by atoms with Crippen molar-refractivity contribution in [3.05, 3.63) is 157 Å². The minimum Gasteiger partial charge on any atom is -0.500 e. The molecule has 0 unspecified atom stereocenters. The Labute approximate surface area is 241 Å². The zero-order chi connectivity index (χ0) is 25.6. The van der Waals surface area contributed by atoms with Gasteiger partial charge in [-0.15, -0.1) is 59.7 Å². The Kier molecular flexibility index (Phi) is 8.38. The van der Waals surface area contributed by atoms with Crippen LogP contribution in [-0.4, -0.2) is 9.97 Å². The van der Waals surface area contributed by atoms with E-state index in [1.54, 1.807) is 6.20 Å². The Morgan fingerprint density at radius 1 is 0.564 bits per heavy atom. The molecular formula is C35H24IrN2O-2. The van der Waals surface area contributed by atoms with Gasteiger partial charge in [-0.25, -0.2) is 0 Å². The molecule has 4 aromatic carbocycles. The van der Waals surface area contributed by atoms with Gasteiger partial charge in [0.05, 0.1) is 5.58 Å². The third-order valence-corrected chi connectivity index (χ3v) is 6.31. The molecule has 7 aromatic rings. The smallest absolute Gasteiger partial charge is 0.120 e. The molecule has 0 spiro atoms. The van der Waals surface area contributed by atoms with Crippen molar-refractivity contribution in [3.8, 4) is 22.5 Å². The second-order valence-corrected chi connectivity index (χ2v) is 8.93. The molecule has 191 valence electrons. The molecule has 7 rings (SSSR count). The summed E-state index contributed by atoms with van der Waals surface area (Å²) in [5.41, 5.74) is 8.23. The van der Waals surface area contributed by atoms with Gasteiger partial charge in [-0.2, -0.15) is 0 Å². The van der Waals surface area contributed by atoms with Gasteiger partial charge in [-0.05, 0) is 47.1 Å². The van der Waals surface area contributed by atoms with Crippen molar-refractivity contribution < 1.29 is 24.5 Å². The molecule has 0 bridgehead atoms. The zero-order valence-electron chi connectivity index (χ0n) is 21.0. The van der Waals surface area contributed by atoms with Gasteiger partial charge in [0.1, 0.15) is 5.58 Å². The number of furan rings is 1. The molecule has 0 aliphatic rings. The fourth-order valence-electron chi connectivity index (χ4n) is 4.46. The van der Waals surface area contributed by atoms with E-state index in [4.69, 9.17) is 4.42 Å². The minimum absolute atomic E-state index is 0. The molecule has 3 nitrogen and oxygen atoms in total. The molecule has 0 saturated carbocycles. The Morgan fingerprint density at radius 3 is 2.18 bits per heavy atom. The Balaban J connectivity index is 0.000000200.